The average Bonchev–Trinajstić information content (AvgIpc) is 2.89. The normalized spacial score (nSPS) is 25.0. The second-order valence-corrected chi connectivity index (χ2v) is 7.62. The minimum atomic E-state index is -0.661. The maximum Gasteiger partial charge on any atom is 0.255 e. The van der Waals surface area contributed by atoms with Crippen LogP contribution in [0.5, 0.6) is 0 Å². The van der Waals surface area contributed by atoms with Gasteiger partial charge in [-0.1, -0.05) is 29.8 Å². The number of aryl methyl sites for hydroxylation is 1. The number of ether oxygens (including phenoxy) is 1. The second-order valence-electron chi connectivity index (χ2n) is 7.62. The third kappa shape index (κ3) is 4.21. The Hall–Kier alpha value is -2.21. The van der Waals surface area contributed by atoms with Crippen molar-refractivity contribution < 1.29 is 14.3 Å². The minimum Gasteiger partial charge on any atom is -0.383 e. The van der Waals surface area contributed by atoms with Crippen molar-refractivity contribution in [1.29, 1.82) is 0 Å². The van der Waals surface area contributed by atoms with Gasteiger partial charge >= 0.3 is 0 Å². The van der Waals surface area contributed by atoms with Crippen molar-refractivity contribution in [3.63, 3.8) is 0 Å². The fraction of sp³-hybridized carbons (Fsp3) is 0.571. The molecule has 0 atom stereocenters. The third-order valence-electron chi connectivity index (χ3n) is 5.70. The zero-order valence-corrected chi connectivity index (χ0v) is 16.5. The first-order valence-corrected chi connectivity index (χ1v) is 9.66. The fourth-order valence-corrected chi connectivity index (χ4v) is 3.98. The maximum atomic E-state index is 12.9. The number of amidine groups is 1. The van der Waals surface area contributed by atoms with Crippen molar-refractivity contribution in [3.8, 4) is 0 Å². The lowest BCUT2D eigenvalue weighted by atomic mass is 9.76. The lowest BCUT2D eigenvalue weighted by Crippen LogP contribution is -2.47. The molecule has 1 fully saturated rings. The molecule has 0 aromatic heterocycles. The van der Waals surface area contributed by atoms with E-state index in [0.717, 1.165) is 11.4 Å². The molecule has 1 N–H and O–H groups in total. The summed E-state index contributed by atoms with van der Waals surface area (Å²) in [4.78, 5) is 31.8. The van der Waals surface area contributed by atoms with Crippen LogP contribution in [0.1, 0.15) is 43.7 Å². The Morgan fingerprint density at radius 1 is 1.26 bits per heavy atom. The molecular formula is C21H29N3O3. The number of nitrogens with one attached hydrogen (secondary N) is 1. The standard InChI is InChI=1S/C21H29N3O3/c1-15-4-6-17(7-5-15)14-22-19(25)18-8-10-21(11-9-18)20(26)24(12-13-27-3)16(2)23-21/h4-7,18H,8-14H2,1-3H3,(H,22,25). The number of carbonyl (C=O) groups is 2. The quantitative estimate of drug-likeness (QED) is 0.835. The topological polar surface area (TPSA) is 71.0 Å². The molecule has 6 heteroatoms. The van der Waals surface area contributed by atoms with E-state index in [4.69, 9.17) is 9.73 Å². The number of nitrogens with zero attached hydrogens (tertiary/aromatic N) is 2. The third-order valence-corrected chi connectivity index (χ3v) is 5.70. The Morgan fingerprint density at radius 3 is 2.56 bits per heavy atom. The van der Waals surface area contributed by atoms with Crippen molar-refractivity contribution in [2.45, 2.75) is 51.6 Å². The van der Waals surface area contributed by atoms with Crippen LogP contribution in [0.2, 0.25) is 0 Å². The van der Waals surface area contributed by atoms with Gasteiger partial charge in [-0.25, -0.2) is 0 Å². The van der Waals surface area contributed by atoms with Gasteiger partial charge in [0.2, 0.25) is 5.91 Å². The summed E-state index contributed by atoms with van der Waals surface area (Å²) in [6.45, 7) is 5.50. The Balaban J connectivity index is 1.53. The maximum absolute atomic E-state index is 12.9. The van der Waals surface area contributed by atoms with E-state index >= 15 is 0 Å². The van der Waals surface area contributed by atoms with Gasteiger partial charge in [-0.05, 0) is 45.1 Å². The van der Waals surface area contributed by atoms with Crippen LogP contribution in [0.15, 0.2) is 29.3 Å². The molecular weight excluding hydrogens is 342 g/mol. The molecule has 1 aliphatic carbocycles. The van der Waals surface area contributed by atoms with E-state index in [0.29, 0.717) is 45.4 Å². The first-order chi connectivity index (χ1) is 12.9. The van der Waals surface area contributed by atoms with Gasteiger partial charge in [-0.15, -0.1) is 0 Å². The van der Waals surface area contributed by atoms with Gasteiger partial charge in [0.05, 0.1) is 13.2 Å². The van der Waals surface area contributed by atoms with Crippen LogP contribution in [0, 0.1) is 12.8 Å². The summed E-state index contributed by atoms with van der Waals surface area (Å²) in [5, 5.41) is 3.04. The van der Waals surface area contributed by atoms with E-state index in [9.17, 15) is 9.59 Å². The minimum absolute atomic E-state index is 0.0441. The van der Waals surface area contributed by atoms with Gasteiger partial charge in [0.15, 0.2) is 0 Å². The number of hydrogen-bond acceptors (Lipinski definition) is 4. The molecule has 0 bridgehead atoms. The molecule has 146 valence electrons. The van der Waals surface area contributed by atoms with Gasteiger partial charge < -0.3 is 10.1 Å². The molecule has 1 aromatic rings. The van der Waals surface area contributed by atoms with E-state index in [-0.39, 0.29) is 17.7 Å². The van der Waals surface area contributed by atoms with E-state index in [2.05, 4.69) is 5.32 Å². The smallest absolute Gasteiger partial charge is 0.255 e. The molecule has 1 spiro atoms. The van der Waals surface area contributed by atoms with Crippen LogP contribution in [-0.4, -0.2) is 48.4 Å². The van der Waals surface area contributed by atoms with Crippen LogP contribution in [0.4, 0.5) is 0 Å². The van der Waals surface area contributed by atoms with Crippen LogP contribution in [0.3, 0.4) is 0 Å². The molecule has 27 heavy (non-hydrogen) atoms. The monoisotopic (exact) mass is 371 g/mol. The van der Waals surface area contributed by atoms with E-state index in [1.54, 1.807) is 12.0 Å². The van der Waals surface area contributed by atoms with Crippen molar-refractivity contribution in [2.24, 2.45) is 10.9 Å². The van der Waals surface area contributed by atoms with Gasteiger partial charge in [0.25, 0.3) is 5.91 Å². The fourth-order valence-electron chi connectivity index (χ4n) is 3.98. The first-order valence-electron chi connectivity index (χ1n) is 9.66. The highest BCUT2D eigenvalue weighted by Crippen LogP contribution is 2.39. The largest absolute Gasteiger partial charge is 0.383 e. The number of rotatable bonds is 6. The van der Waals surface area contributed by atoms with Crippen molar-refractivity contribution in [1.82, 2.24) is 10.2 Å². The molecule has 1 aromatic carbocycles. The van der Waals surface area contributed by atoms with Crippen molar-refractivity contribution in [3.05, 3.63) is 35.4 Å². The van der Waals surface area contributed by atoms with Crippen molar-refractivity contribution in [2.75, 3.05) is 20.3 Å². The van der Waals surface area contributed by atoms with Crippen LogP contribution in [0.25, 0.3) is 0 Å². The van der Waals surface area contributed by atoms with Crippen LogP contribution < -0.4 is 5.32 Å². The Bertz CT molecular complexity index is 719. The van der Waals surface area contributed by atoms with Gasteiger partial charge in [-0.2, -0.15) is 0 Å². The molecule has 1 saturated carbocycles. The lowest BCUT2D eigenvalue weighted by molar-refractivity contribution is -0.135. The van der Waals surface area contributed by atoms with Gasteiger partial charge in [0.1, 0.15) is 11.4 Å². The van der Waals surface area contributed by atoms with Crippen molar-refractivity contribution >= 4 is 17.6 Å². The van der Waals surface area contributed by atoms with Gasteiger partial charge in [-0.3, -0.25) is 19.5 Å². The Kier molecular flexibility index (Phi) is 5.95. The van der Waals surface area contributed by atoms with E-state index in [1.165, 1.54) is 5.56 Å². The SMILES string of the molecule is COCCN1C(=O)C2(CCC(C(=O)NCc3ccc(C)cc3)CC2)N=C1C. The Labute approximate surface area is 161 Å². The van der Waals surface area contributed by atoms with Crippen LogP contribution >= 0.6 is 0 Å². The number of amides is 2. The van der Waals surface area contributed by atoms with E-state index < -0.39 is 5.54 Å². The lowest BCUT2D eigenvalue weighted by Gasteiger charge is -2.33. The summed E-state index contributed by atoms with van der Waals surface area (Å²) < 4.78 is 5.09. The second kappa shape index (κ2) is 8.21. The zero-order valence-electron chi connectivity index (χ0n) is 16.5. The summed E-state index contributed by atoms with van der Waals surface area (Å²) in [5.74, 6) is 0.861. The van der Waals surface area contributed by atoms with Gasteiger partial charge in [0, 0.05) is 19.6 Å². The number of benzene rings is 1. The summed E-state index contributed by atoms with van der Waals surface area (Å²) in [6.07, 6.45) is 2.66. The molecule has 0 radical (unpaired) electrons. The summed E-state index contributed by atoms with van der Waals surface area (Å²) >= 11 is 0. The highest BCUT2D eigenvalue weighted by molar-refractivity contribution is 6.07. The number of aliphatic imine (C=N–C) groups is 1. The molecule has 1 heterocycles. The number of carbonyl (C=O) groups excluding carboxylic acids is 2. The number of hydrogen-bond donors (Lipinski definition) is 1. The first kappa shape index (κ1) is 19.5. The van der Waals surface area contributed by atoms with Crippen LogP contribution in [-0.2, 0) is 20.9 Å². The molecule has 1 aliphatic heterocycles. The summed E-state index contributed by atoms with van der Waals surface area (Å²) in [6, 6.07) is 8.17. The molecule has 2 amide bonds. The average molecular weight is 371 g/mol. The Morgan fingerprint density at radius 2 is 1.93 bits per heavy atom. The highest BCUT2D eigenvalue weighted by atomic mass is 16.5. The molecule has 2 aliphatic rings. The molecule has 0 saturated heterocycles. The predicted molar refractivity (Wildman–Crippen MR) is 104 cm³/mol. The summed E-state index contributed by atoms with van der Waals surface area (Å²) in [5.41, 5.74) is 1.64. The summed E-state index contributed by atoms with van der Waals surface area (Å²) in [7, 11) is 1.63. The molecule has 0 unspecified atom stereocenters. The molecule has 6 nitrogen and oxygen atoms in total. The highest BCUT2D eigenvalue weighted by Gasteiger charge is 2.49. The predicted octanol–water partition coefficient (Wildman–Crippen LogP) is 2.45. The molecule has 3 rings (SSSR count). The number of methoxy groups -OCH3 is 1. The zero-order chi connectivity index (χ0) is 19.4. The van der Waals surface area contributed by atoms with E-state index in [1.807, 2.05) is 38.1 Å².